The average molecular weight is 347 g/mol. The summed E-state index contributed by atoms with van der Waals surface area (Å²) >= 11 is 1.40. The van der Waals surface area contributed by atoms with Crippen molar-refractivity contribution < 1.29 is 9.18 Å². The summed E-state index contributed by atoms with van der Waals surface area (Å²) in [6.45, 7) is 5.73. The van der Waals surface area contributed by atoms with E-state index in [0.29, 0.717) is 10.6 Å². The fraction of sp³-hybridized carbons (Fsp3) is 0.444. The third-order valence-corrected chi connectivity index (χ3v) is 5.55. The predicted molar refractivity (Wildman–Crippen MR) is 96.6 cm³/mol. The third-order valence-electron chi connectivity index (χ3n) is 4.25. The third kappa shape index (κ3) is 3.59. The second-order valence-electron chi connectivity index (χ2n) is 6.04. The largest absolute Gasteiger partial charge is 0.370 e. The number of amides is 1. The minimum absolute atomic E-state index is 0.214. The number of rotatable bonds is 4. The molecule has 128 valence electrons. The van der Waals surface area contributed by atoms with Crippen molar-refractivity contribution in [1.29, 1.82) is 0 Å². The van der Waals surface area contributed by atoms with Gasteiger partial charge in [0.15, 0.2) is 0 Å². The van der Waals surface area contributed by atoms with E-state index in [-0.39, 0.29) is 11.7 Å². The van der Waals surface area contributed by atoms with E-state index in [1.54, 1.807) is 6.07 Å². The summed E-state index contributed by atoms with van der Waals surface area (Å²) in [5.41, 5.74) is 2.15. The number of aromatic nitrogens is 1. The standard InChI is InChI=1S/C18H22FN3OS/c1-3-16-20-12(2)17(24-16)18(23)21-14-11-13(19)7-8-15(14)22-9-5-4-6-10-22/h7-8,11H,3-6,9-10H2,1-2H3,(H,21,23). The van der Waals surface area contributed by atoms with Crippen molar-refractivity contribution in [2.75, 3.05) is 23.3 Å². The van der Waals surface area contributed by atoms with Crippen molar-refractivity contribution in [2.24, 2.45) is 0 Å². The number of hydrogen-bond donors (Lipinski definition) is 1. The van der Waals surface area contributed by atoms with Crippen LogP contribution in [-0.2, 0) is 6.42 Å². The lowest BCUT2D eigenvalue weighted by atomic mass is 10.1. The maximum Gasteiger partial charge on any atom is 0.267 e. The molecule has 2 heterocycles. The van der Waals surface area contributed by atoms with Crippen molar-refractivity contribution >= 4 is 28.6 Å². The number of nitrogens with one attached hydrogen (secondary N) is 1. The molecule has 24 heavy (non-hydrogen) atoms. The van der Waals surface area contributed by atoms with Crippen LogP contribution in [0.1, 0.15) is 46.6 Å². The SMILES string of the molecule is CCc1nc(C)c(C(=O)Nc2cc(F)ccc2N2CCCCC2)s1. The van der Waals surface area contributed by atoms with Crippen molar-refractivity contribution in [3.63, 3.8) is 0 Å². The number of piperidine rings is 1. The number of anilines is 2. The van der Waals surface area contributed by atoms with Gasteiger partial charge in [-0.2, -0.15) is 0 Å². The molecule has 0 bridgehead atoms. The molecule has 1 aromatic heterocycles. The minimum atomic E-state index is -0.346. The molecule has 1 aromatic carbocycles. The molecule has 0 saturated carbocycles. The van der Waals surface area contributed by atoms with Crippen LogP contribution < -0.4 is 10.2 Å². The van der Waals surface area contributed by atoms with Crippen LogP contribution in [0.4, 0.5) is 15.8 Å². The first-order valence-electron chi connectivity index (χ1n) is 8.40. The Morgan fingerprint density at radius 1 is 1.33 bits per heavy atom. The fourth-order valence-corrected chi connectivity index (χ4v) is 3.91. The first-order chi connectivity index (χ1) is 11.6. The quantitative estimate of drug-likeness (QED) is 0.892. The van der Waals surface area contributed by atoms with E-state index in [0.717, 1.165) is 48.7 Å². The van der Waals surface area contributed by atoms with Crippen LogP contribution in [-0.4, -0.2) is 24.0 Å². The van der Waals surface area contributed by atoms with Crippen LogP contribution in [0.2, 0.25) is 0 Å². The molecule has 1 amide bonds. The van der Waals surface area contributed by atoms with Crippen LogP contribution in [0.5, 0.6) is 0 Å². The molecule has 0 atom stereocenters. The van der Waals surface area contributed by atoms with Gasteiger partial charge < -0.3 is 10.2 Å². The lowest BCUT2D eigenvalue weighted by Crippen LogP contribution is -2.30. The summed E-state index contributed by atoms with van der Waals surface area (Å²) in [7, 11) is 0. The number of benzene rings is 1. The van der Waals surface area contributed by atoms with Gasteiger partial charge >= 0.3 is 0 Å². The summed E-state index contributed by atoms with van der Waals surface area (Å²) in [5, 5.41) is 3.83. The van der Waals surface area contributed by atoms with Gasteiger partial charge in [-0.1, -0.05) is 6.92 Å². The van der Waals surface area contributed by atoms with Crippen LogP contribution in [0.15, 0.2) is 18.2 Å². The Labute approximate surface area is 145 Å². The van der Waals surface area contributed by atoms with Gasteiger partial charge in [0, 0.05) is 13.1 Å². The molecular weight excluding hydrogens is 325 g/mol. The molecule has 1 aliphatic rings. The number of carbonyl (C=O) groups excluding carboxylic acids is 1. The molecule has 1 fully saturated rings. The molecule has 0 aliphatic carbocycles. The highest BCUT2D eigenvalue weighted by Crippen LogP contribution is 2.30. The zero-order valence-electron chi connectivity index (χ0n) is 14.1. The zero-order valence-corrected chi connectivity index (χ0v) is 14.9. The number of thiazole rings is 1. The van der Waals surface area contributed by atoms with E-state index in [9.17, 15) is 9.18 Å². The van der Waals surface area contributed by atoms with Gasteiger partial charge in [-0.25, -0.2) is 9.37 Å². The Bertz CT molecular complexity index is 738. The van der Waals surface area contributed by atoms with E-state index in [1.165, 1.54) is 29.9 Å². The Hall–Kier alpha value is -1.95. The van der Waals surface area contributed by atoms with Crippen molar-refractivity contribution in [1.82, 2.24) is 4.98 Å². The maximum absolute atomic E-state index is 13.7. The van der Waals surface area contributed by atoms with Gasteiger partial charge in [0.05, 0.1) is 22.1 Å². The summed E-state index contributed by atoms with van der Waals surface area (Å²) in [5.74, 6) is -0.560. The van der Waals surface area contributed by atoms with Crippen LogP contribution in [0, 0.1) is 12.7 Å². The van der Waals surface area contributed by atoms with Crippen molar-refractivity contribution in [3.05, 3.63) is 39.6 Å². The highest BCUT2D eigenvalue weighted by molar-refractivity contribution is 7.13. The van der Waals surface area contributed by atoms with E-state index in [1.807, 2.05) is 13.8 Å². The van der Waals surface area contributed by atoms with Crippen molar-refractivity contribution in [3.8, 4) is 0 Å². The van der Waals surface area contributed by atoms with Gasteiger partial charge in [-0.3, -0.25) is 4.79 Å². The molecule has 0 radical (unpaired) electrons. The number of carbonyl (C=O) groups is 1. The summed E-state index contributed by atoms with van der Waals surface area (Å²) in [6.07, 6.45) is 4.27. The lowest BCUT2D eigenvalue weighted by molar-refractivity contribution is 0.103. The Balaban J connectivity index is 1.86. The Morgan fingerprint density at radius 2 is 2.08 bits per heavy atom. The molecule has 1 saturated heterocycles. The molecule has 1 aliphatic heterocycles. The molecule has 0 unspecified atom stereocenters. The lowest BCUT2D eigenvalue weighted by Gasteiger charge is -2.30. The summed E-state index contributed by atoms with van der Waals surface area (Å²) < 4.78 is 13.7. The van der Waals surface area contributed by atoms with Crippen LogP contribution in [0.3, 0.4) is 0 Å². The van der Waals surface area contributed by atoms with Gasteiger partial charge in [-0.05, 0) is 50.8 Å². The molecule has 6 heteroatoms. The smallest absolute Gasteiger partial charge is 0.267 e. The average Bonchev–Trinajstić information content (AvgIpc) is 2.97. The predicted octanol–water partition coefficient (Wildman–Crippen LogP) is 4.40. The topological polar surface area (TPSA) is 45.2 Å². The van der Waals surface area contributed by atoms with Crippen molar-refractivity contribution in [2.45, 2.75) is 39.5 Å². The molecular formula is C18H22FN3OS. The molecule has 0 spiro atoms. The first kappa shape index (κ1) is 16.9. The molecule has 2 aromatic rings. The summed E-state index contributed by atoms with van der Waals surface area (Å²) in [4.78, 5) is 19.8. The summed E-state index contributed by atoms with van der Waals surface area (Å²) in [6, 6.07) is 4.61. The normalized spacial score (nSPS) is 14.7. The number of hydrogen-bond acceptors (Lipinski definition) is 4. The van der Waals surface area contributed by atoms with Gasteiger partial charge in [0.25, 0.3) is 5.91 Å². The molecule has 3 rings (SSSR count). The van der Waals surface area contributed by atoms with Gasteiger partial charge in [-0.15, -0.1) is 11.3 Å². The maximum atomic E-state index is 13.7. The highest BCUT2D eigenvalue weighted by atomic mass is 32.1. The highest BCUT2D eigenvalue weighted by Gasteiger charge is 2.19. The second-order valence-corrected chi connectivity index (χ2v) is 7.12. The number of halogens is 1. The van der Waals surface area contributed by atoms with E-state index < -0.39 is 0 Å². The zero-order chi connectivity index (χ0) is 17.1. The van der Waals surface area contributed by atoms with Crippen LogP contribution >= 0.6 is 11.3 Å². The molecule has 1 N–H and O–H groups in total. The van der Waals surface area contributed by atoms with E-state index in [2.05, 4.69) is 15.2 Å². The van der Waals surface area contributed by atoms with Gasteiger partial charge in [0.1, 0.15) is 10.7 Å². The Morgan fingerprint density at radius 3 is 2.75 bits per heavy atom. The van der Waals surface area contributed by atoms with Gasteiger partial charge in [0.2, 0.25) is 0 Å². The Kier molecular flexibility index (Phi) is 5.14. The van der Waals surface area contributed by atoms with Crippen LogP contribution in [0.25, 0.3) is 0 Å². The second kappa shape index (κ2) is 7.30. The minimum Gasteiger partial charge on any atom is -0.370 e. The first-order valence-corrected chi connectivity index (χ1v) is 9.22. The van der Waals surface area contributed by atoms with E-state index >= 15 is 0 Å². The fourth-order valence-electron chi connectivity index (χ4n) is 3.01. The van der Waals surface area contributed by atoms with E-state index in [4.69, 9.17) is 0 Å². The number of nitrogens with zero attached hydrogens (tertiary/aromatic N) is 2. The number of aryl methyl sites for hydroxylation is 2. The molecule has 4 nitrogen and oxygen atoms in total. The monoisotopic (exact) mass is 347 g/mol.